The van der Waals surface area contributed by atoms with Crippen LogP contribution in [0.15, 0.2) is 47.3 Å². The van der Waals surface area contributed by atoms with Crippen LogP contribution in [0.25, 0.3) is 0 Å². The lowest BCUT2D eigenvalue weighted by Gasteiger charge is -2.14. The van der Waals surface area contributed by atoms with Gasteiger partial charge in [-0.1, -0.05) is 29.8 Å². The molecule has 0 aliphatic carbocycles. The molecule has 1 atom stereocenters. The van der Waals surface area contributed by atoms with Crippen LogP contribution in [0.5, 0.6) is 0 Å². The highest BCUT2D eigenvalue weighted by Gasteiger charge is 2.11. The summed E-state index contributed by atoms with van der Waals surface area (Å²) in [4.78, 5) is 0. The van der Waals surface area contributed by atoms with Gasteiger partial charge in [0.05, 0.1) is 18.6 Å². The first-order valence-electron chi connectivity index (χ1n) is 5.33. The number of rotatable bonds is 4. The van der Waals surface area contributed by atoms with Gasteiger partial charge in [-0.3, -0.25) is 11.3 Å². The van der Waals surface area contributed by atoms with Crippen LogP contribution in [-0.2, 0) is 6.42 Å². The lowest BCUT2D eigenvalue weighted by Crippen LogP contribution is -2.29. The molecule has 2 rings (SSSR count). The van der Waals surface area contributed by atoms with Gasteiger partial charge >= 0.3 is 0 Å². The molecule has 0 aliphatic rings. The predicted octanol–water partition coefficient (Wildman–Crippen LogP) is 2.34. The predicted molar refractivity (Wildman–Crippen MR) is 63.7 cm³/mol. The average Bonchev–Trinajstić information content (AvgIpc) is 2.79. The van der Waals surface area contributed by atoms with Crippen LogP contribution in [0.3, 0.4) is 0 Å². The first kappa shape index (κ1) is 10.9. The summed E-state index contributed by atoms with van der Waals surface area (Å²) in [5.74, 6) is 5.56. The normalized spacial score (nSPS) is 12.6. The number of hydrogen-bond donors (Lipinski definition) is 2. The van der Waals surface area contributed by atoms with Crippen molar-refractivity contribution < 1.29 is 4.42 Å². The zero-order valence-corrected chi connectivity index (χ0v) is 9.31. The van der Waals surface area contributed by atoms with E-state index in [0.717, 1.165) is 12.0 Å². The topological polar surface area (TPSA) is 51.2 Å². The molecule has 3 N–H and O–H groups in total. The molecule has 16 heavy (non-hydrogen) atoms. The van der Waals surface area contributed by atoms with Crippen LogP contribution in [0.2, 0.25) is 0 Å². The minimum atomic E-state index is 0.0977. The fourth-order valence-electron chi connectivity index (χ4n) is 1.82. The first-order valence-corrected chi connectivity index (χ1v) is 5.33. The second-order valence-electron chi connectivity index (χ2n) is 3.97. The Bertz CT molecular complexity index is 437. The van der Waals surface area contributed by atoms with Crippen molar-refractivity contribution in [3.8, 4) is 0 Å². The summed E-state index contributed by atoms with van der Waals surface area (Å²) in [7, 11) is 0. The quantitative estimate of drug-likeness (QED) is 0.609. The van der Waals surface area contributed by atoms with Crippen molar-refractivity contribution in [2.24, 2.45) is 5.84 Å². The highest BCUT2D eigenvalue weighted by atomic mass is 16.3. The molecule has 0 saturated heterocycles. The third kappa shape index (κ3) is 2.51. The van der Waals surface area contributed by atoms with Crippen molar-refractivity contribution in [3.05, 3.63) is 59.5 Å². The number of nitrogens with two attached hydrogens (primary N) is 1. The molecule has 0 spiro atoms. The van der Waals surface area contributed by atoms with Gasteiger partial charge in [-0.2, -0.15) is 0 Å². The number of hydrazine groups is 1. The van der Waals surface area contributed by atoms with Crippen LogP contribution in [0.1, 0.15) is 22.7 Å². The SMILES string of the molecule is Cc1cccc(CC(NN)c2ccoc2)c1. The maximum atomic E-state index is 5.56. The fraction of sp³-hybridized carbons (Fsp3) is 0.231. The van der Waals surface area contributed by atoms with Gasteiger partial charge in [-0.25, -0.2) is 0 Å². The Labute approximate surface area is 95.2 Å². The standard InChI is InChI=1S/C13H16N2O/c1-10-3-2-4-11(7-10)8-13(15-14)12-5-6-16-9-12/h2-7,9,13,15H,8,14H2,1H3. The number of benzene rings is 1. The third-order valence-corrected chi connectivity index (χ3v) is 2.67. The second kappa shape index (κ2) is 4.96. The molecule has 0 fully saturated rings. The summed E-state index contributed by atoms with van der Waals surface area (Å²) >= 11 is 0. The minimum absolute atomic E-state index is 0.0977. The number of nitrogens with one attached hydrogen (secondary N) is 1. The Hall–Kier alpha value is -1.58. The van der Waals surface area contributed by atoms with Crippen LogP contribution in [0.4, 0.5) is 0 Å². The minimum Gasteiger partial charge on any atom is -0.472 e. The number of aryl methyl sites for hydroxylation is 1. The van der Waals surface area contributed by atoms with Gasteiger partial charge in [0.25, 0.3) is 0 Å². The van der Waals surface area contributed by atoms with Gasteiger partial charge in [-0.05, 0) is 25.0 Å². The molecule has 1 aromatic heterocycles. The van der Waals surface area contributed by atoms with Gasteiger partial charge in [0, 0.05) is 5.56 Å². The van der Waals surface area contributed by atoms with Crippen molar-refractivity contribution in [2.45, 2.75) is 19.4 Å². The largest absolute Gasteiger partial charge is 0.472 e. The van der Waals surface area contributed by atoms with Crippen molar-refractivity contribution >= 4 is 0 Å². The van der Waals surface area contributed by atoms with E-state index in [9.17, 15) is 0 Å². The molecule has 0 saturated carbocycles. The van der Waals surface area contributed by atoms with Gasteiger partial charge in [0.2, 0.25) is 0 Å². The summed E-state index contributed by atoms with van der Waals surface area (Å²) in [5, 5.41) is 0. The zero-order chi connectivity index (χ0) is 11.4. The Morgan fingerprint density at radius 2 is 2.25 bits per heavy atom. The van der Waals surface area contributed by atoms with E-state index < -0.39 is 0 Å². The van der Waals surface area contributed by atoms with Crippen molar-refractivity contribution in [1.82, 2.24) is 5.43 Å². The molecule has 0 radical (unpaired) electrons. The monoisotopic (exact) mass is 216 g/mol. The zero-order valence-electron chi connectivity index (χ0n) is 9.31. The highest BCUT2D eigenvalue weighted by molar-refractivity contribution is 5.25. The number of furan rings is 1. The average molecular weight is 216 g/mol. The van der Waals surface area contributed by atoms with Gasteiger partial charge in [-0.15, -0.1) is 0 Å². The Morgan fingerprint density at radius 3 is 2.88 bits per heavy atom. The van der Waals surface area contributed by atoms with Crippen LogP contribution >= 0.6 is 0 Å². The molecule has 1 unspecified atom stereocenters. The summed E-state index contributed by atoms with van der Waals surface area (Å²) < 4.78 is 5.06. The summed E-state index contributed by atoms with van der Waals surface area (Å²) in [5.41, 5.74) is 6.42. The summed E-state index contributed by atoms with van der Waals surface area (Å²) in [6.07, 6.45) is 4.24. The summed E-state index contributed by atoms with van der Waals surface area (Å²) in [6, 6.07) is 10.5. The second-order valence-corrected chi connectivity index (χ2v) is 3.97. The van der Waals surface area contributed by atoms with E-state index >= 15 is 0 Å². The molecule has 1 aromatic carbocycles. The van der Waals surface area contributed by atoms with Gasteiger partial charge < -0.3 is 4.42 Å². The lowest BCUT2D eigenvalue weighted by atomic mass is 10.0. The maximum absolute atomic E-state index is 5.56. The Balaban J connectivity index is 2.13. The molecular formula is C13H16N2O. The van der Waals surface area contributed by atoms with E-state index in [2.05, 4.69) is 36.6 Å². The maximum Gasteiger partial charge on any atom is 0.0950 e. The molecule has 3 nitrogen and oxygen atoms in total. The molecule has 84 valence electrons. The van der Waals surface area contributed by atoms with Gasteiger partial charge in [0.1, 0.15) is 0 Å². The van der Waals surface area contributed by atoms with Crippen LogP contribution in [-0.4, -0.2) is 0 Å². The van der Waals surface area contributed by atoms with Gasteiger partial charge in [0.15, 0.2) is 0 Å². The highest BCUT2D eigenvalue weighted by Crippen LogP contribution is 2.18. The fourth-order valence-corrected chi connectivity index (χ4v) is 1.82. The molecule has 3 heteroatoms. The van der Waals surface area contributed by atoms with Crippen LogP contribution in [0, 0.1) is 6.92 Å². The Morgan fingerprint density at radius 1 is 1.38 bits per heavy atom. The first-order chi connectivity index (χ1) is 7.79. The van der Waals surface area contributed by atoms with Crippen molar-refractivity contribution in [1.29, 1.82) is 0 Å². The van der Waals surface area contributed by atoms with E-state index in [-0.39, 0.29) is 6.04 Å². The van der Waals surface area contributed by atoms with E-state index in [4.69, 9.17) is 10.3 Å². The molecular weight excluding hydrogens is 200 g/mol. The molecule has 0 amide bonds. The van der Waals surface area contributed by atoms with Crippen LogP contribution < -0.4 is 11.3 Å². The van der Waals surface area contributed by atoms with E-state index in [1.807, 2.05) is 6.07 Å². The van der Waals surface area contributed by atoms with Crippen molar-refractivity contribution in [3.63, 3.8) is 0 Å². The Kier molecular flexibility index (Phi) is 3.39. The van der Waals surface area contributed by atoms with E-state index in [1.165, 1.54) is 11.1 Å². The molecule has 1 heterocycles. The molecule has 0 bridgehead atoms. The third-order valence-electron chi connectivity index (χ3n) is 2.67. The van der Waals surface area contributed by atoms with Crippen molar-refractivity contribution in [2.75, 3.05) is 0 Å². The summed E-state index contributed by atoms with van der Waals surface area (Å²) in [6.45, 7) is 2.09. The van der Waals surface area contributed by atoms with E-state index in [1.54, 1.807) is 12.5 Å². The smallest absolute Gasteiger partial charge is 0.0950 e. The lowest BCUT2D eigenvalue weighted by molar-refractivity contribution is 0.525. The molecule has 0 aliphatic heterocycles. The number of hydrogen-bond acceptors (Lipinski definition) is 3. The van der Waals surface area contributed by atoms with E-state index in [0.29, 0.717) is 0 Å². The molecule has 2 aromatic rings.